The summed E-state index contributed by atoms with van der Waals surface area (Å²) in [7, 11) is 2.52. The summed E-state index contributed by atoms with van der Waals surface area (Å²) in [6.45, 7) is 0. The van der Waals surface area contributed by atoms with Gasteiger partial charge in [0.1, 0.15) is 0 Å². The zero-order valence-electron chi connectivity index (χ0n) is 9.10. The fraction of sp³-hybridized carbons (Fsp3) is 0.200. The molecule has 0 amide bonds. The second-order valence-corrected chi connectivity index (χ2v) is 2.53. The molecule has 1 aromatic carbocycles. The van der Waals surface area contributed by atoms with Gasteiger partial charge < -0.3 is 9.47 Å². The average Bonchev–Trinajstić information content (AvgIpc) is 2.39. The lowest BCUT2D eigenvalue weighted by molar-refractivity contribution is 0.0555. The van der Waals surface area contributed by atoms with E-state index >= 15 is 0 Å². The van der Waals surface area contributed by atoms with Crippen molar-refractivity contribution in [3.63, 3.8) is 0 Å². The van der Waals surface area contributed by atoms with Crippen LogP contribution in [0, 0.1) is 0 Å². The first kappa shape index (κ1) is 14.1. The smallest absolute Gasteiger partial charge is 0.338 e. The summed E-state index contributed by atoms with van der Waals surface area (Å²) in [6.07, 6.45) is 0. The van der Waals surface area contributed by atoms with Crippen LogP contribution in [0.25, 0.3) is 0 Å². The molecule has 88 valence electrons. The van der Waals surface area contributed by atoms with E-state index in [2.05, 4.69) is 21.2 Å². The fourth-order valence-electron chi connectivity index (χ4n) is 1.06. The number of hydrogen-bond acceptors (Lipinski definition) is 6. The lowest BCUT2D eigenvalue weighted by Gasteiger charge is -2.04. The standard InChI is InChI=1S/C10H10O4.H4N2/c1-13-9(11)7-5-3-4-6-8(7)10(12)14-2;1-2/h3-6H,1-2H3;1-2H2. The molecule has 0 aromatic heterocycles. The minimum Gasteiger partial charge on any atom is -0.465 e. The normalized spacial score (nSPS) is 8.50. The fourth-order valence-corrected chi connectivity index (χ4v) is 1.06. The second kappa shape index (κ2) is 7.38. The maximum atomic E-state index is 11.2. The third-order valence-electron chi connectivity index (χ3n) is 1.74. The van der Waals surface area contributed by atoms with Gasteiger partial charge >= 0.3 is 11.9 Å². The Morgan fingerprint density at radius 2 is 1.25 bits per heavy atom. The van der Waals surface area contributed by atoms with Crippen LogP contribution in [0.3, 0.4) is 0 Å². The van der Waals surface area contributed by atoms with Crippen molar-refractivity contribution in [2.45, 2.75) is 0 Å². The van der Waals surface area contributed by atoms with Crippen LogP contribution in [0.2, 0.25) is 0 Å². The predicted molar refractivity (Wildman–Crippen MR) is 57.5 cm³/mol. The zero-order valence-corrected chi connectivity index (χ0v) is 9.10. The SMILES string of the molecule is COC(=O)c1ccccc1C(=O)OC.NN. The maximum absolute atomic E-state index is 11.2. The minimum absolute atomic E-state index is 0.210. The lowest BCUT2D eigenvalue weighted by atomic mass is 10.1. The summed E-state index contributed by atoms with van der Waals surface area (Å²) < 4.78 is 9.05. The van der Waals surface area contributed by atoms with Gasteiger partial charge in [-0.2, -0.15) is 0 Å². The third-order valence-corrected chi connectivity index (χ3v) is 1.74. The van der Waals surface area contributed by atoms with E-state index in [9.17, 15) is 9.59 Å². The van der Waals surface area contributed by atoms with Crippen molar-refractivity contribution in [3.05, 3.63) is 35.4 Å². The topological polar surface area (TPSA) is 105 Å². The molecule has 0 fully saturated rings. The van der Waals surface area contributed by atoms with Crippen LogP contribution in [-0.2, 0) is 9.47 Å². The van der Waals surface area contributed by atoms with Gasteiger partial charge in [-0.05, 0) is 12.1 Å². The highest BCUT2D eigenvalue weighted by Crippen LogP contribution is 2.10. The molecule has 1 aromatic rings. The van der Waals surface area contributed by atoms with Crippen LogP contribution in [0.4, 0.5) is 0 Å². The van der Waals surface area contributed by atoms with Gasteiger partial charge in [-0.1, -0.05) is 12.1 Å². The molecule has 1 rings (SSSR count). The van der Waals surface area contributed by atoms with Gasteiger partial charge in [0, 0.05) is 0 Å². The molecule has 0 aliphatic rings. The quantitative estimate of drug-likeness (QED) is 0.420. The van der Waals surface area contributed by atoms with Crippen LogP contribution in [0.15, 0.2) is 24.3 Å². The Balaban J connectivity index is 0.00000106. The van der Waals surface area contributed by atoms with Crippen molar-refractivity contribution in [2.24, 2.45) is 11.7 Å². The Morgan fingerprint density at radius 1 is 0.938 bits per heavy atom. The maximum Gasteiger partial charge on any atom is 0.338 e. The van der Waals surface area contributed by atoms with E-state index in [4.69, 9.17) is 0 Å². The van der Waals surface area contributed by atoms with Crippen molar-refractivity contribution in [2.75, 3.05) is 14.2 Å². The molecule has 0 saturated carbocycles. The lowest BCUT2D eigenvalue weighted by Crippen LogP contribution is -2.11. The molecule has 0 aliphatic heterocycles. The first-order valence-corrected chi connectivity index (χ1v) is 4.29. The number of esters is 2. The first-order valence-electron chi connectivity index (χ1n) is 4.29. The van der Waals surface area contributed by atoms with Gasteiger partial charge in [0.25, 0.3) is 0 Å². The molecule has 0 bridgehead atoms. The number of carbonyl (C=O) groups is 2. The van der Waals surface area contributed by atoms with Crippen molar-refractivity contribution in [1.82, 2.24) is 0 Å². The van der Waals surface area contributed by atoms with Crippen LogP contribution in [0.1, 0.15) is 20.7 Å². The number of hydrazine groups is 1. The molecule has 0 aliphatic carbocycles. The van der Waals surface area contributed by atoms with Gasteiger partial charge in [0.15, 0.2) is 0 Å². The average molecular weight is 226 g/mol. The van der Waals surface area contributed by atoms with E-state index in [1.54, 1.807) is 12.1 Å². The zero-order chi connectivity index (χ0) is 12.6. The van der Waals surface area contributed by atoms with E-state index in [-0.39, 0.29) is 11.1 Å². The van der Waals surface area contributed by atoms with Gasteiger partial charge in [0.05, 0.1) is 25.3 Å². The molecule has 0 saturated heterocycles. The Hall–Kier alpha value is -1.92. The monoisotopic (exact) mass is 226 g/mol. The predicted octanol–water partition coefficient (Wildman–Crippen LogP) is 0.0786. The van der Waals surface area contributed by atoms with E-state index < -0.39 is 11.9 Å². The highest BCUT2D eigenvalue weighted by Gasteiger charge is 2.16. The summed E-state index contributed by atoms with van der Waals surface area (Å²) in [6, 6.07) is 6.33. The molecule has 0 atom stereocenters. The van der Waals surface area contributed by atoms with Crippen LogP contribution in [-0.4, -0.2) is 26.2 Å². The number of hydrogen-bond donors (Lipinski definition) is 2. The number of nitrogens with two attached hydrogens (primary N) is 2. The van der Waals surface area contributed by atoms with E-state index in [1.807, 2.05) is 0 Å². The molecule has 0 spiro atoms. The summed E-state index contributed by atoms with van der Waals surface area (Å²) in [4.78, 5) is 22.4. The minimum atomic E-state index is -0.550. The van der Waals surface area contributed by atoms with E-state index in [1.165, 1.54) is 26.4 Å². The van der Waals surface area contributed by atoms with Gasteiger partial charge in [-0.15, -0.1) is 0 Å². The Kier molecular flexibility index (Phi) is 6.50. The molecular formula is C10H14N2O4. The molecule has 0 heterocycles. The largest absolute Gasteiger partial charge is 0.465 e. The summed E-state index contributed by atoms with van der Waals surface area (Å²) in [5.41, 5.74) is 0.420. The summed E-state index contributed by atoms with van der Waals surface area (Å²) >= 11 is 0. The molecule has 6 heteroatoms. The third kappa shape index (κ3) is 3.34. The molecule has 6 nitrogen and oxygen atoms in total. The van der Waals surface area contributed by atoms with Crippen molar-refractivity contribution in [3.8, 4) is 0 Å². The Labute approximate surface area is 93.1 Å². The van der Waals surface area contributed by atoms with Crippen LogP contribution in [0.5, 0.6) is 0 Å². The second-order valence-electron chi connectivity index (χ2n) is 2.53. The summed E-state index contributed by atoms with van der Waals surface area (Å²) in [5.74, 6) is 6.90. The number of methoxy groups -OCH3 is 2. The number of rotatable bonds is 2. The van der Waals surface area contributed by atoms with E-state index in [0.29, 0.717) is 0 Å². The molecule has 4 N–H and O–H groups in total. The molecule has 0 radical (unpaired) electrons. The van der Waals surface area contributed by atoms with Crippen molar-refractivity contribution < 1.29 is 19.1 Å². The molecule has 16 heavy (non-hydrogen) atoms. The van der Waals surface area contributed by atoms with Crippen molar-refractivity contribution in [1.29, 1.82) is 0 Å². The highest BCUT2D eigenvalue weighted by molar-refractivity contribution is 6.02. The first-order chi connectivity index (χ1) is 7.70. The van der Waals surface area contributed by atoms with Crippen molar-refractivity contribution >= 4 is 11.9 Å². The number of ether oxygens (including phenoxy) is 2. The van der Waals surface area contributed by atoms with E-state index in [0.717, 1.165) is 0 Å². The Bertz CT molecular complexity index is 331. The van der Waals surface area contributed by atoms with Crippen LogP contribution >= 0.6 is 0 Å². The van der Waals surface area contributed by atoms with Gasteiger partial charge in [0.2, 0.25) is 0 Å². The highest BCUT2D eigenvalue weighted by atomic mass is 16.5. The van der Waals surface area contributed by atoms with Gasteiger partial charge in [-0.25, -0.2) is 9.59 Å². The molecular weight excluding hydrogens is 212 g/mol. The van der Waals surface area contributed by atoms with Gasteiger partial charge in [-0.3, -0.25) is 11.7 Å². The number of benzene rings is 1. The Morgan fingerprint density at radius 3 is 1.50 bits per heavy atom. The molecule has 0 unspecified atom stereocenters. The summed E-state index contributed by atoms with van der Waals surface area (Å²) in [5, 5.41) is 0. The van der Waals surface area contributed by atoms with Crippen LogP contribution < -0.4 is 11.7 Å². The number of carbonyl (C=O) groups excluding carboxylic acids is 2.